The maximum absolute atomic E-state index is 11.6. The van der Waals surface area contributed by atoms with E-state index in [1.54, 1.807) is 0 Å². The Morgan fingerprint density at radius 2 is 2.05 bits per heavy atom. The largest absolute Gasteiger partial charge is 0.466 e. The molecule has 0 aromatic carbocycles. The fourth-order valence-corrected chi connectivity index (χ4v) is 3.62. The Kier molecular flexibility index (Phi) is 3.86. The van der Waals surface area contributed by atoms with Crippen molar-refractivity contribution in [3.63, 3.8) is 0 Å². The molecule has 3 heteroatoms. The van der Waals surface area contributed by atoms with E-state index in [2.05, 4.69) is 13.5 Å². The van der Waals surface area contributed by atoms with E-state index in [4.69, 9.17) is 4.74 Å². The van der Waals surface area contributed by atoms with Crippen LogP contribution in [0.4, 0.5) is 0 Å². The van der Waals surface area contributed by atoms with Gasteiger partial charge in [-0.15, -0.1) is 0 Å². The second-order valence-electron chi connectivity index (χ2n) is 6.23. The van der Waals surface area contributed by atoms with Crippen molar-refractivity contribution in [1.29, 1.82) is 0 Å². The second kappa shape index (κ2) is 5.12. The molecule has 2 aliphatic rings. The van der Waals surface area contributed by atoms with Gasteiger partial charge in [0.05, 0.1) is 13.2 Å². The molecule has 106 valence electrons. The summed E-state index contributed by atoms with van der Waals surface area (Å²) in [6.07, 6.45) is 4.47. The zero-order valence-electron chi connectivity index (χ0n) is 12.2. The van der Waals surface area contributed by atoms with Gasteiger partial charge in [0.1, 0.15) is 0 Å². The Labute approximate surface area is 115 Å². The summed E-state index contributed by atoms with van der Waals surface area (Å²) in [6, 6.07) is 0. The van der Waals surface area contributed by atoms with Gasteiger partial charge in [-0.25, -0.2) is 4.79 Å². The normalized spacial score (nSPS) is 34.7. The summed E-state index contributed by atoms with van der Waals surface area (Å²) in [4.78, 5) is 11.6. The van der Waals surface area contributed by atoms with Gasteiger partial charge in [-0.05, 0) is 55.9 Å². The fourth-order valence-electron chi connectivity index (χ4n) is 3.62. The zero-order valence-corrected chi connectivity index (χ0v) is 12.2. The van der Waals surface area contributed by atoms with Gasteiger partial charge in [0, 0.05) is 5.57 Å². The Bertz CT molecular complexity index is 435. The topological polar surface area (TPSA) is 46.5 Å². The molecule has 0 amide bonds. The maximum Gasteiger partial charge on any atom is 0.333 e. The van der Waals surface area contributed by atoms with Gasteiger partial charge in [-0.1, -0.05) is 19.1 Å². The third-order valence-electron chi connectivity index (χ3n) is 5.11. The lowest BCUT2D eigenvalue weighted by Gasteiger charge is -2.45. The zero-order chi connectivity index (χ0) is 14.2. The molecule has 1 saturated carbocycles. The molecule has 0 aromatic heterocycles. The van der Waals surface area contributed by atoms with Gasteiger partial charge in [0.2, 0.25) is 0 Å². The molecule has 0 spiro atoms. The molecule has 2 rings (SSSR count). The Morgan fingerprint density at radius 1 is 1.42 bits per heavy atom. The highest BCUT2D eigenvalue weighted by Crippen LogP contribution is 2.52. The average Bonchev–Trinajstić information content (AvgIpc) is 2.41. The number of fused-ring (bicyclic) bond motifs is 1. The quantitative estimate of drug-likeness (QED) is 0.474. The van der Waals surface area contributed by atoms with E-state index < -0.39 is 0 Å². The van der Waals surface area contributed by atoms with Crippen LogP contribution >= 0.6 is 0 Å². The summed E-state index contributed by atoms with van der Waals surface area (Å²) in [6.45, 7) is 8.21. The minimum Gasteiger partial charge on any atom is -0.466 e. The molecular formula is C16H24O3. The molecule has 0 heterocycles. The molecule has 0 saturated heterocycles. The first kappa shape index (κ1) is 14.3. The molecular weight excluding hydrogens is 240 g/mol. The maximum atomic E-state index is 11.6. The lowest BCUT2D eigenvalue weighted by Crippen LogP contribution is -2.36. The molecule has 3 atom stereocenters. The fraction of sp³-hybridized carbons (Fsp3) is 0.688. The number of aliphatic hydroxyl groups excluding tert-OH is 1. The lowest BCUT2D eigenvalue weighted by molar-refractivity contribution is -0.136. The van der Waals surface area contributed by atoms with Crippen LogP contribution in [0.1, 0.15) is 46.0 Å². The molecule has 0 aromatic rings. The third kappa shape index (κ3) is 2.48. The van der Waals surface area contributed by atoms with E-state index in [9.17, 15) is 9.90 Å². The SMILES string of the molecule is C=C(C(=O)OC)[C@@H]1CC[C@@]2(C)CC[C@@H](O)C(C)=C2C1. The van der Waals surface area contributed by atoms with Crippen molar-refractivity contribution in [2.24, 2.45) is 11.3 Å². The van der Waals surface area contributed by atoms with Gasteiger partial charge >= 0.3 is 5.97 Å². The number of carbonyl (C=O) groups is 1. The minimum atomic E-state index is -0.312. The van der Waals surface area contributed by atoms with E-state index in [0.29, 0.717) is 5.57 Å². The number of allylic oxidation sites excluding steroid dienone is 1. The van der Waals surface area contributed by atoms with Gasteiger partial charge < -0.3 is 9.84 Å². The van der Waals surface area contributed by atoms with Crippen LogP contribution in [0.5, 0.6) is 0 Å². The molecule has 19 heavy (non-hydrogen) atoms. The summed E-state index contributed by atoms with van der Waals surface area (Å²) < 4.78 is 4.77. The van der Waals surface area contributed by atoms with E-state index in [1.165, 1.54) is 12.7 Å². The van der Waals surface area contributed by atoms with Crippen LogP contribution in [-0.4, -0.2) is 24.3 Å². The Morgan fingerprint density at radius 3 is 2.68 bits per heavy atom. The molecule has 3 nitrogen and oxygen atoms in total. The van der Waals surface area contributed by atoms with Crippen molar-refractivity contribution in [3.05, 3.63) is 23.3 Å². The number of rotatable bonds is 2. The van der Waals surface area contributed by atoms with E-state index in [1.807, 2.05) is 6.92 Å². The van der Waals surface area contributed by atoms with Crippen molar-refractivity contribution in [2.45, 2.75) is 52.1 Å². The van der Waals surface area contributed by atoms with Crippen LogP contribution in [0, 0.1) is 11.3 Å². The van der Waals surface area contributed by atoms with Crippen molar-refractivity contribution in [3.8, 4) is 0 Å². The first-order chi connectivity index (χ1) is 8.89. The smallest absolute Gasteiger partial charge is 0.333 e. The van der Waals surface area contributed by atoms with Gasteiger partial charge in [0.25, 0.3) is 0 Å². The second-order valence-corrected chi connectivity index (χ2v) is 6.23. The summed E-state index contributed by atoms with van der Waals surface area (Å²) in [5.74, 6) is -0.140. The predicted molar refractivity (Wildman–Crippen MR) is 74.5 cm³/mol. The average molecular weight is 264 g/mol. The lowest BCUT2D eigenvalue weighted by atomic mass is 9.60. The van der Waals surface area contributed by atoms with Crippen molar-refractivity contribution in [2.75, 3.05) is 7.11 Å². The first-order valence-electron chi connectivity index (χ1n) is 7.04. The van der Waals surface area contributed by atoms with Crippen LogP contribution in [0.15, 0.2) is 23.3 Å². The molecule has 0 radical (unpaired) electrons. The monoisotopic (exact) mass is 264 g/mol. The van der Waals surface area contributed by atoms with Gasteiger partial charge in [-0.3, -0.25) is 0 Å². The number of esters is 1. The third-order valence-corrected chi connectivity index (χ3v) is 5.11. The molecule has 1 fully saturated rings. The number of methoxy groups -OCH3 is 1. The van der Waals surface area contributed by atoms with Crippen molar-refractivity contribution >= 4 is 5.97 Å². The minimum absolute atomic E-state index is 0.163. The van der Waals surface area contributed by atoms with Crippen LogP contribution in [0.3, 0.4) is 0 Å². The number of hydrogen-bond donors (Lipinski definition) is 1. The highest BCUT2D eigenvalue weighted by molar-refractivity contribution is 5.88. The number of carbonyl (C=O) groups excluding carboxylic acids is 1. The molecule has 1 N–H and O–H groups in total. The van der Waals surface area contributed by atoms with E-state index >= 15 is 0 Å². The molecule has 2 aliphatic carbocycles. The molecule has 0 aliphatic heterocycles. The van der Waals surface area contributed by atoms with Crippen LogP contribution in [-0.2, 0) is 9.53 Å². The van der Waals surface area contributed by atoms with Crippen LogP contribution in [0.25, 0.3) is 0 Å². The molecule has 0 bridgehead atoms. The molecule has 0 unspecified atom stereocenters. The van der Waals surface area contributed by atoms with Gasteiger partial charge in [-0.2, -0.15) is 0 Å². The van der Waals surface area contributed by atoms with Crippen molar-refractivity contribution in [1.82, 2.24) is 0 Å². The van der Waals surface area contributed by atoms with E-state index in [0.717, 1.165) is 37.7 Å². The predicted octanol–water partition coefficient (Wildman–Crippen LogP) is 2.99. The highest BCUT2D eigenvalue weighted by atomic mass is 16.5. The summed E-state index contributed by atoms with van der Waals surface area (Å²) in [5.41, 5.74) is 3.23. The first-order valence-corrected chi connectivity index (χ1v) is 7.04. The van der Waals surface area contributed by atoms with Crippen molar-refractivity contribution < 1.29 is 14.6 Å². The Balaban J connectivity index is 2.23. The number of aliphatic hydroxyl groups is 1. The standard InChI is InChI=1S/C16H24O3/c1-10(15(18)19-4)12-5-7-16(3)8-6-14(17)11(2)13(16)9-12/h12,14,17H,1,5-9H2,2-4H3/t12-,14-,16+/m1/s1. The number of hydrogen-bond acceptors (Lipinski definition) is 3. The van der Waals surface area contributed by atoms with Crippen LogP contribution < -0.4 is 0 Å². The highest BCUT2D eigenvalue weighted by Gasteiger charge is 2.41. The summed E-state index contributed by atoms with van der Waals surface area (Å²) in [5, 5.41) is 10.0. The summed E-state index contributed by atoms with van der Waals surface area (Å²) >= 11 is 0. The van der Waals surface area contributed by atoms with Crippen LogP contribution in [0.2, 0.25) is 0 Å². The Hall–Kier alpha value is -1.09. The summed E-state index contributed by atoms with van der Waals surface area (Å²) in [7, 11) is 1.40. The van der Waals surface area contributed by atoms with Gasteiger partial charge in [0.15, 0.2) is 0 Å². The number of ether oxygens (including phenoxy) is 1. The van der Waals surface area contributed by atoms with E-state index in [-0.39, 0.29) is 23.4 Å².